The van der Waals surface area contributed by atoms with E-state index in [1.807, 2.05) is 60.7 Å². The fraction of sp³-hybridized carbons (Fsp3) is 0.364. The van der Waals surface area contributed by atoms with Crippen molar-refractivity contribution < 1.29 is 14.3 Å². The van der Waals surface area contributed by atoms with Crippen molar-refractivity contribution in [2.45, 2.75) is 32.3 Å². The Kier molecular flexibility index (Phi) is 6.85. The van der Waals surface area contributed by atoms with Crippen molar-refractivity contribution in [1.82, 2.24) is 5.32 Å². The van der Waals surface area contributed by atoms with Gasteiger partial charge < -0.3 is 15.4 Å². The Hall–Kier alpha value is -2.82. The van der Waals surface area contributed by atoms with Gasteiger partial charge >= 0.3 is 6.09 Å². The second-order valence-electron chi connectivity index (χ2n) is 6.95. The fourth-order valence-corrected chi connectivity index (χ4v) is 3.54. The number of carbonyl (C=O) groups excluding carboxylic acids is 2. The van der Waals surface area contributed by atoms with Crippen LogP contribution in [0, 0.1) is 11.8 Å². The molecular weight excluding hydrogens is 340 g/mol. The highest BCUT2D eigenvalue weighted by molar-refractivity contribution is 5.92. The van der Waals surface area contributed by atoms with Crippen molar-refractivity contribution in [2.75, 3.05) is 11.9 Å². The zero-order valence-corrected chi connectivity index (χ0v) is 15.4. The van der Waals surface area contributed by atoms with Gasteiger partial charge in [0.25, 0.3) is 0 Å². The molecule has 5 heteroatoms. The van der Waals surface area contributed by atoms with Crippen LogP contribution in [0.5, 0.6) is 0 Å². The van der Waals surface area contributed by atoms with Gasteiger partial charge in [-0.3, -0.25) is 4.79 Å². The van der Waals surface area contributed by atoms with Crippen LogP contribution in [0.1, 0.15) is 31.2 Å². The molecule has 0 saturated heterocycles. The van der Waals surface area contributed by atoms with E-state index in [0.717, 1.165) is 36.9 Å². The van der Waals surface area contributed by atoms with Gasteiger partial charge in [0.2, 0.25) is 5.91 Å². The minimum absolute atomic E-state index is 0.0327. The molecule has 142 valence electrons. The predicted octanol–water partition coefficient (Wildman–Crippen LogP) is 4.36. The third-order valence-electron chi connectivity index (χ3n) is 5.01. The molecule has 1 aliphatic rings. The van der Waals surface area contributed by atoms with Gasteiger partial charge in [-0.2, -0.15) is 0 Å². The first-order valence-electron chi connectivity index (χ1n) is 9.53. The first-order chi connectivity index (χ1) is 13.2. The summed E-state index contributed by atoms with van der Waals surface area (Å²) in [4.78, 5) is 24.7. The van der Waals surface area contributed by atoms with Gasteiger partial charge in [0.1, 0.15) is 6.61 Å². The Bertz CT molecular complexity index is 734. The highest BCUT2D eigenvalue weighted by atomic mass is 16.5. The standard InChI is InChI=1S/C22H26N2O3/c25-21(24-19-12-5-2-6-13-19)20-14-8-7-11-18(20)15-23-22(26)27-16-17-9-3-1-4-10-17/h1-6,9-10,12-13,18,20H,7-8,11,14-16H2,(H,23,26)(H,24,25). The zero-order valence-electron chi connectivity index (χ0n) is 15.4. The molecule has 3 rings (SSSR count). The number of hydrogen-bond donors (Lipinski definition) is 2. The number of ether oxygens (including phenoxy) is 1. The predicted molar refractivity (Wildman–Crippen MR) is 105 cm³/mol. The molecule has 5 nitrogen and oxygen atoms in total. The first-order valence-corrected chi connectivity index (χ1v) is 9.53. The third-order valence-corrected chi connectivity index (χ3v) is 5.01. The van der Waals surface area contributed by atoms with Crippen LogP contribution in [0.2, 0.25) is 0 Å². The summed E-state index contributed by atoms with van der Waals surface area (Å²) >= 11 is 0. The van der Waals surface area contributed by atoms with E-state index in [1.165, 1.54) is 0 Å². The van der Waals surface area contributed by atoms with Crippen LogP contribution >= 0.6 is 0 Å². The molecule has 2 atom stereocenters. The van der Waals surface area contributed by atoms with Crippen LogP contribution < -0.4 is 10.6 Å². The third kappa shape index (κ3) is 5.84. The number of nitrogens with one attached hydrogen (secondary N) is 2. The lowest BCUT2D eigenvalue weighted by Gasteiger charge is -2.30. The smallest absolute Gasteiger partial charge is 0.407 e. The van der Waals surface area contributed by atoms with Crippen molar-refractivity contribution in [2.24, 2.45) is 11.8 Å². The second kappa shape index (κ2) is 9.76. The molecule has 27 heavy (non-hydrogen) atoms. The molecule has 0 bridgehead atoms. The van der Waals surface area contributed by atoms with Gasteiger partial charge in [0.05, 0.1) is 0 Å². The monoisotopic (exact) mass is 366 g/mol. The van der Waals surface area contributed by atoms with E-state index in [4.69, 9.17) is 4.74 Å². The summed E-state index contributed by atoms with van der Waals surface area (Å²) in [6, 6.07) is 19.1. The van der Waals surface area contributed by atoms with Crippen LogP contribution in [-0.4, -0.2) is 18.5 Å². The van der Waals surface area contributed by atoms with E-state index in [9.17, 15) is 9.59 Å². The van der Waals surface area contributed by atoms with Crippen molar-refractivity contribution >= 4 is 17.7 Å². The molecule has 2 N–H and O–H groups in total. The molecule has 1 aliphatic carbocycles. The summed E-state index contributed by atoms with van der Waals surface area (Å²) < 4.78 is 5.26. The summed E-state index contributed by atoms with van der Waals surface area (Å²) in [5.74, 6) is 0.0745. The normalized spacial score (nSPS) is 19.1. The van der Waals surface area contributed by atoms with Gasteiger partial charge in [-0.05, 0) is 36.5 Å². The molecule has 0 heterocycles. The number of alkyl carbamates (subject to hydrolysis) is 1. The molecule has 0 spiro atoms. The van der Waals surface area contributed by atoms with E-state index >= 15 is 0 Å². The Labute approximate surface area is 160 Å². The second-order valence-corrected chi connectivity index (χ2v) is 6.95. The maximum atomic E-state index is 12.7. The van der Waals surface area contributed by atoms with Gasteiger partial charge in [-0.1, -0.05) is 61.4 Å². The summed E-state index contributed by atoms with van der Waals surface area (Å²) in [7, 11) is 0. The highest BCUT2D eigenvalue weighted by Crippen LogP contribution is 2.30. The quantitative estimate of drug-likeness (QED) is 0.798. The minimum Gasteiger partial charge on any atom is -0.445 e. The number of para-hydroxylation sites is 1. The van der Waals surface area contributed by atoms with E-state index in [-0.39, 0.29) is 24.3 Å². The molecule has 2 amide bonds. The summed E-state index contributed by atoms with van der Waals surface area (Å²) in [6.07, 6.45) is 3.48. The van der Waals surface area contributed by atoms with E-state index in [2.05, 4.69) is 10.6 Å². The number of amides is 2. The Morgan fingerprint density at radius 1 is 0.926 bits per heavy atom. The Balaban J connectivity index is 1.48. The fourth-order valence-electron chi connectivity index (χ4n) is 3.54. The molecule has 0 aromatic heterocycles. The number of carbonyl (C=O) groups is 2. The lowest BCUT2D eigenvalue weighted by atomic mass is 9.78. The average molecular weight is 366 g/mol. The number of anilines is 1. The molecule has 2 unspecified atom stereocenters. The van der Waals surface area contributed by atoms with Crippen molar-refractivity contribution in [1.29, 1.82) is 0 Å². The molecule has 1 fully saturated rings. The van der Waals surface area contributed by atoms with Crippen LogP contribution in [-0.2, 0) is 16.1 Å². The van der Waals surface area contributed by atoms with E-state index < -0.39 is 6.09 Å². The number of benzene rings is 2. The summed E-state index contributed by atoms with van der Waals surface area (Å²) in [5, 5.41) is 5.82. The Morgan fingerprint density at radius 3 is 2.33 bits per heavy atom. The first kappa shape index (κ1) is 19.0. The topological polar surface area (TPSA) is 67.4 Å². The lowest BCUT2D eigenvalue weighted by Crippen LogP contribution is -2.39. The SMILES string of the molecule is O=C(NCC1CCCCC1C(=O)Nc1ccccc1)OCc1ccccc1. The van der Waals surface area contributed by atoms with Gasteiger partial charge in [-0.25, -0.2) is 4.79 Å². The van der Waals surface area contributed by atoms with Crippen molar-refractivity contribution in [3.05, 3.63) is 66.2 Å². The van der Waals surface area contributed by atoms with Crippen molar-refractivity contribution in [3.63, 3.8) is 0 Å². The number of hydrogen-bond acceptors (Lipinski definition) is 3. The molecule has 2 aromatic rings. The molecule has 1 saturated carbocycles. The minimum atomic E-state index is -0.438. The zero-order chi connectivity index (χ0) is 18.9. The molecule has 0 aliphatic heterocycles. The maximum absolute atomic E-state index is 12.7. The molecule has 2 aromatic carbocycles. The molecular formula is C22H26N2O3. The number of rotatable bonds is 6. The van der Waals surface area contributed by atoms with Crippen molar-refractivity contribution in [3.8, 4) is 0 Å². The van der Waals surface area contributed by atoms with Gasteiger partial charge in [0.15, 0.2) is 0 Å². The van der Waals surface area contributed by atoms with Crippen LogP contribution in [0.4, 0.5) is 10.5 Å². The van der Waals surface area contributed by atoms with E-state index in [1.54, 1.807) is 0 Å². The molecule has 0 radical (unpaired) electrons. The van der Waals surface area contributed by atoms with Gasteiger partial charge in [-0.15, -0.1) is 0 Å². The Morgan fingerprint density at radius 2 is 1.59 bits per heavy atom. The summed E-state index contributed by atoms with van der Waals surface area (Å²) in [6.45, 7) is 0.704. The summed E-state index contributed by atoms with van der Waals surface area (Å²) in [5.41, 5.74) is 1.76. The highest BCUT2D eigenvalue weighted by Gasteiger charge is 2.31. The van der Waals surface area contributed by atoms with Gasteiger partial charge in [0, 0.05) is 18.2 Å². The average Bonchev–Trinajstić information content (AvgIpc) is 2.72. The van der Waals surface area contributed by atoms with Crippen LogP contribution in [0.3, 0.4) is 0 Å². The largest absolute Gasteiger partial charge is 0.445 e. The maximum Gasteiger partial charge on any atom is 0.407 e. The lowest BCUT2D eigenvalue weighted by molar-refractivity contribution is -0.122. The van der Waals surface area contributed by atoms with E-state index in [0.29, 0.717) is 6.54 Å². The van der Waals surface area contributed by atoms with Crippen LogP contribution in [0.15, 0.2) is 60.7 Å². The van der Waals surface area contributed by atoms with Crippen LogP contribution in [0.25, 0.3) is 0 Å².